The summed E-state index contributed by atoms with van der Waals surface area (Å²) in [6, 6.07) is 0. The third-order valence-corrected chi connectivity index (χ3v) is 5.82. The molecule has 1 atom stereocenters. The first kappa shape index (κ1) is 15.7. The van der Waals surface area contributed by atoms with Crippen molar-refractivity contribution in [1.82, 2.24) is 19.6 Å². The summed E-state index contributed by atoms with van der Waals surface area (Å²) in [4.78, 5) is 10.4. The van der Waals surface area contributed by atoms with Gasteiger partial charge in [-0.3, -0.25) is 0 Å². The Morgan fingerprint density at radius 1 is 0.619 bits per heavy atom. The van der Waals surface area contributed by atoms with Gasteiger partial charge >= 0.3 is 0 Å². The van der Waals surface area contributed by atoms with E-state index in [1.807, 2.05) is 0 Å². The summed E-state index contributed by atoms with van der Waals surface area (Å²) in [5.74, 6) is 1.88. The molecule has 3 saturated heterocycles. The first-order valence-electron chi connectivity index (χ1n) is 9.01. The van der Waals surface area contributed by atoms with Gasteiger partial charge in [0.05, 0.1) is 0 Å². The van der Waals surface area contributed by atoms with Gasteiger partial charge in [0.1, 0.15) is 0 Å². The Kier molecular flexibility index (Phi) is 5.54. The molecule has 122 valence electrons. The van der Waals surface area contributed by atoms with Crippen LogP contribution in [-0.2, 0) is 0 Å². The molecule has 0 aromatic rings. The average molecular weight is 294 g/mol. The molecule has 0 radical (unpaired) electrons. The molecule has 3 aliphatic rings. The van der Waals surface area contributed by atoms with Crippen LogP contribution in [0.15, 0.2) is 0 Å². The topological polar surface area (TPSA) is 13.0 Å². The van der Waals surface area contributed by atoms with Crippen LogP contribution in [0, 0.1) is 11.8 Å². The molecule has 0 saturated carbocycles. The van der Waals surface area contributed by atoms with Gasteiger partial charge in [0, 0.05) is 45.8 Å². The maximum absolute atomic E-state index is 2.73. The quantitative estimate of drug-likeness (QED) is 0.764. The summed E-state index contributed by atoms with van der Waals surface area (Å²) in [7, 11) is 4.52. The van der Waals surface area contributed by atoms with Gasteiger partial charge in [0.2, 0.25) is 0 Å². The molecule has 3 fully saturated rings. The molecule has 4 heteroatoms. The van der Waals surface area contributed by atoms with Crippen molar-refractivity contribution < 1.29 is 0 Å². The lowest BCUT2D eigenvalue weighted by Gasteiger charge is -2.39. The highest BCUT2D eigenvalue weighted by Gasteiger charge is 2.26. The van der Waals surface area contributed by atoms with Crippen molar-refractivity contribution in [2.45, 2.75) is 19.3 Å². The first-order valence-corrected chi connectivity index (χ1v) is 9.01. The molecule has 0 bridgehead atoms. The molecule has 0 aromatic heterocycles. The number of nitrogens with zero attached hydrogens (tertiary/aromatic N) is 4. The smallest absolute Gasteiger partial charge is 0.0110 e. The van der Waals surface area contributed by atoms with Gasteiger partial charge in [-0.05, 0) is 64.8 Å². The first-order chi connectivity index (χ1) is 10.2. The second-order valence-corrected chi connectivity index (χ2v) is 7.76. The summed E-state index contributed by atoms with van der Waals surface area (Å²) in [5.41, 5.74) is 0. The Balaban J connectivity index is 1.33. The van der Waals surface area contributed by atoms with Crippen molar-refractivity contribution >= 4 is 0 Å². The summed E-state index contributed by atoms with van der Waals surface area (Å²) in [6.07, 6.45) is 4.22. The van der Waals surface area contributed by atoms with E-state index >= 15 is 0 Å². The van der Waals surface area contributed by atoms with Crippen molar-refractivity contribution in [3.63, 3.8) is 0 Å². The van der Waals surface area contributed by atoms with Crippen LogP contribution in [0.5, 0.6) is 0 Å². The van der Waals surface area contributed by atoms with Crippen molar-refractivity contribution in [1.29, 1.82) is 0 Å². The molecule has 0 spiro atoms. The molecular weight excluding hydrogens is 260 g/mol. The van der Waals surface area contributed by atoms with Crippen molar-refractivity contribution in [2.24, 2.45) is 11.8 Å². The zero-order valence-electron chi connectivity index (χ0n) is 14.1. The van der Waals surface area contributed by atoms with Crippen LogP contribution in [0.25, 0.3) is 0 Å². The molecule has 3 aliphatic heterocycles. The molecule has 0 aromatic carbocycles. The normalized spacial score (nSPS) is 32.0. The highest BCUT2D eigenvalue weighted by molar-refractivity contribution is 4.81. The Morgan fingerprint density at radius 2 is 1.10 bits per heavy atom. The van der Waals surface area contributed by atoms with E-state index in [1.165, 1.54) is 84.7 Å². The average Bonchev–Trinajstić information content (AvgIpc) is 2.89. The Hall–Kier alpha value is -0.160. The molecule has 1 unspecified atom stereocenters. The van der Waals surface area contributed by atoms with E-state index in [-0.39, 0.29) is 0 Å². The minimum absolute atomic E-state index is 0.926. The number of rotatable bonds is 4. The second-order valence-electron chi connectivity index (χ2n) is 7.76. The fourth-order valence-corrected chi connectivity index (χ4v) is 4.30. The Bertz CT molecular complexity index is 306. The highest BCUT2D eigenvalue weighted by atomic mass is 15.3. The van der Waals surface area contributed by atoms with E-state index in [0.717, 1.165) is 11.8 Å². The van der Waals surface area contributed by atoms with Gasteiger partial charge in [-0.1, -0.05) is 0 Å². The van der Waals surface area contributed by atoms with Crippen LogP contribution in [0.1, 0.15) is 19.3 Å². The minimum Gasteiger partial charge on any atom is -0.306 e. The monoisotopic (exact) mass is 294 g/mol. The third-order valence-electron chi connectivity index (χ3n) is 5.82. The predicted molar refractivity (Wildman–Crippen MR) is 88.7 cm³/mol. The fraction of sp³-hybridized carbons (Fsp3) is 1.00. The van der Waals surface area contributed by atoms with Crippen LogP contribution in [0.3, 0.4) is 0 Å². The van der Waals surface area contributed by atoms with Crippen LogP contribution >= 0.6 is 0 Å². The summed E-state index contributed by atoms with van der Waals surface area (Å²) < 4.78 is 0. The van der Waals surface area contributed by atoms with Crippen molar-refractivity contribution in [2.75, 3.05) is 79.5 Å². The van der Waals surface area contributed by atoms with E-state index < -0.39 is 0 Å². The molecule has 3 rings (SSSR count). The number of likely N-dealkylation sites (tertiary alicyclic amines) is 2. The Morgan fingerprint density at radius 3 is 1.62 bits per heavy atom. The molecule has 0 N–H and O–H groups in total. The summed E-state index contributed by atoms with van der Waals surface area (Å²) in [6.45, 7) is 13.1. The van der Waals surface area contributed by atoms with Gasteiger partial charge in [0.15, 0.2) is 0 Å². The number of hydrogen-bond donors (Lipinski definition) is 0. The summed E-state index contributed by atoms with van der Waals surface area (Å²) in [5, 5.41) is 0. The van der Waals surface area contributed by atoms with Gasteiger partial charge in [-0.2, -0.15) is 0 Å². The zero-order chi connectivity index (χ0) is 14.7. The molecule has 4 nitrogen and oxygen atoms in total. The van der Waals surface area contributed by atoms with Crippen LogP contribution in [0.2, 0.25) is 0 Å². The lowest BCUT2D eigenvalue weighted by molar-refractivity contribution is 0.0917. The number of piperidine rings is 1. The van der Waals surface area contributed by atoms with E-state index in [1.54, 1.807) is 0 Å². The third kappa shape index (κ3) is 4.65. The highest BCUT2D eigenvalue weighted by Crippen LogP contribution is 2.19. The van der Waals surface area contributed by atoms with Crippen molar-refractivity contribution in [3.05, 3.63) is 0 Å². The van der Waals surface area contributed by atoms with E-state index in [9.17, 15) is 0 Å². The van der Waals surface area contributed by atoms with Gasteiger partial charge < -0.3 is 19.6 Å². The van der Waals surface area contributed by atoms with E-state index in [0.29, 0.717) is 0 Å². The maximum atomic E-state index is 2.73. The van der Waals surface area contributed by atoms with Crippen molar-refractivity contribution in [3.8, 4) is 0 Å². The SMILES string of the molecule is CN1CCC(CN2CCN(CC3CCN(C)C3)CC2)CC1. The maximum Gasteiger partial charge on any atom is 0.0110 e. The minimum atomic E-state index is 0.926. The zero-order valence-corrected chi connectivity index (χ0v) is 14.1. The van der Waals surface area contributed by atoms with E-state index in [4.69, 9.17) is 0 Å². The van der Waals surface area contributed by atoms with E-state index in [2.05, 4.69) is 33.7 Å². The van der Waals surface area contributed by atoms with Gasteiger partial charge in [-0.15, -0.1) is 0 Å². The largest absolute Gasteiger partial charge is 0.306 e. The molecule has 3 heterocycles. The van der Waals surface area contributed by atoms with Gasteiger partial charge in [0.25, 0.3) is 0 Å². The molecule has 0 amide bonds. The standard InChI is InChI=1S/C17H34N4/c1-18-6-3-16(4-7-18)14-20-9-11-21(12-10-20)15-17-5-8-19(2)13-17/h16-17H,3-15H2,1-2H3. The lowest BCUT2D eigenvalue weighted by atomic mass is 9.96. The predicted octanol–water partition coefficient (Wildman–Crippen LogP) is 0.898. The van der Waals surface area contributed by atoms with Gasteiger partial charge in [-0.25, -0.2) is 0 Å². The van der Waals surface area contributed by atoms with Crippen LogP contribution in [-0.4, -0.2) is 99.1 Å². The van der Waals surface area contributed by atoms with Crippen LogP contribution in [0.4, 0.5) is 0 Å². The molecular formula is C17H34N4. The second kappa shape index (κ2) is 7.40. The lowest BCUT2D eigenvalue weighted by Crippen LogP contribution is -2.49. The summed E-state index contributed by atoms with van der Waals surface area (Å²) >= 11 is 0. The number of piperazine rings is 1. The molecule has 21 heavy (non-hydrogen) atoms. The fourth-order valence-electron chi connectivity index (χ4n) is 4.30. The number of hydrogen-bond acceptors (Lipinski definition) is 4. The van der Waals surface area contributed by atoms with Crippen LogP contribution < -0.4 is 0 Å². The molecule has 0 aliphatic carbocycles. The Labute approximate surface area is 131 Å².